The lowest BCUT2D eigenvalue weighted by molar-refractivity contribution is 0.308. The van der Waals surface area contributed by atoms with Crippen molar-refractivity contribution in [3.05, 3.63) is 0 Å². The first-order valence-electron chi connectivity index (χ1n) is 1.59. The summed E-state index contributed by atoms with van der Waals surface area (Å²) in [4.78, 5) is 0. The molecule has 0 fully saturated rings. The van der Waals surface area contributed by atoms with Crippen molar-refractivity contribution in [2.45, 2.75) is 13.0 Å². The second-order valence-corrected chi connectivity index (χ2v) is 1.16. The zero-order chi connectivity index (χ0) is 4.99. The zero-order valence-electron chi connectivity index (χ0n) is 3.56. The SMILES string of the molecule is C#CC(C)O[Si]. The standard InChI is InChI=1S/C4H5OSi/c1-3-4(2)5-6/h1,4H,2H3. The van der Waals surface area contributed by atoms with Gasteiger partial charge in [0.25, 0.3) is 0 Å². The molecule has 0 amide bonds. The van der Waals surface area contributed by atoms with Gasteiger partial charge in [0.15, 0.2) is 0 Å². The maximum atomic E-state index is 4.88. The van der Waals surface area contributed by atoms with E-state index >= 15 is 0 Å². The first kappa shape index (κ1) is 5.74. The molecule has 0 bridgehead atoms. The van der Waals surface area contributed by atoms with E-state index < -0.39 is 0 Å². The zero-order valence-corrected chi connectivity index (χ0v) is 4.56. The van der Waals surface area contributed by atoms with Crippen LogP contribution < -0.4 is 0 Å². The van der Waals surface area contributed by atoms with E-state index in [0.29, 0.717) is 0 Å². The van der Waals surface area contributed by atoms with Crippen LogP contribution in [0.1, 0.15) is 6.92 Å². The van der Waals surface area contributed by atoms with Crippen molar-refractivity contribution in [2.24, 2.45) is 0 Å². The molecule has 1 unspecified atom stereocenters. The van der Waals surface area contributed by atoms with Crippen LogP contribution in [-0.2, 0) is 4.43 Å². The summed E-state index contributed by atoms with van der Waals surface area (Å²) in [5.41, 5.74) is 0. The summed E-state index contributed by atoms with van der Waals surface area (Å²) in [6, 6.07) is 0. The Hall–Kier alpha value is -0.263. The molecule has 0 heterocycles. The Balaban J connectivity index is 3.04. The van der Waals surface area contributed by atoms with Crippen LogP contribution in [0.3, 0.4) is 0 Å². The van der Waals surface area contributed by atoms with Crippen molar-refractivity contribution in [1.82, 2.24) is 0 Å². The molecule has 3 radical (unpaired) electrons. The average Bonchev–Trinajstić information content (AvgIpc) is 1.65. The number of rotatable bonds is 1. The highest BCUT2D eigenvalue weighted by Gasteiger charge is 1.84. The van der Waals surface area contributed by atoms with Gasteiger partial charge in [0.05, 0.1) is 0 Å². The number of hydrogen-bond acceptors (Lipinski definition) is 1. The Kier molecular flexibility index (Phi) is 2.82. The lowest BCUT2D eigenvalue weighted by atomic mass is 10.4. The molecule has 31 valence electrons. The maximum absolute atomic E-state index is 4.88. The van der Waals surface area contributed by atoms with Crippen molar-refractivity contribution in [3.8, 4) is 12.3 Å². The fourth-order valence-corrected chi connectivity index (χ4v) is 0.102. The van der Waals surface area contributed by atoms with E-state index in [0.717, 1.165) is 0 Å². The van der Waals surface area contributed by atoms with E-state index in [9.17, 15) is 0 Å². The quantitative estimate of drug-likeness (QED) is 0.333. The fraction of sp³-hybridized carbons (Fsp3) is 0.500. The van der Waals surface area contributed by atoms with Gasteiger partial charge in [-0.2, -0.15) is 0 Å². The minimum absolute atomic E-state index is 0.123. The largest absolute Gasteiger partial charge is 0.405 e. The van der Waals surface area contributed by atoms with Crippen LogP contribution in [0, 0.1) is 12.3 Å². The van der Waals surface area contributed by atoms with E-state index in [4.69, 9.17) is 6.42 Å². The van der Waals surface area contributed by atoms with Crippen LogP contribution in [-0.4, -0.2) is 16.6 Å². The summed E-state index contributed by atoms with van der Waals surface area (Å²) < 4.78 is 4.47. The highest BCUT2D eigenvalue weighted by molar-refractivity contribution is 5.98. The molecule has 0 saturated carbocycles. The van der Waals surface area contributed by atoms with Gasteiger partial charge >= 0.3 is 0 Å². The molecule has 0 aliphatic rings. The van der Waals surface area contributed by atoms with Gasteiger partial charge in [-0.15, -0.1) is 6.42 Å². The van der Waals surface area contributed by atoms with Crippen LogP contribution in [0.15, 0.2) is 0 Å². The summed E-state index contributed by atoms with van der Waals surface area (Å²) in [7, 11) is 2.77. The molecule has 0 aromatic carbocycles. The minimum Gasteiger partial charge on any atom is -0.405 e. The first-order chi connectivity index (χ1) is 2.81. The molecular formula is C4H5OSi. The fourth-order valence-electron chi connectivity index (χ4n) is 0.0340. The van der Waals surface area contributed by atoms with E-state index in [1.807, 2.05) is 0 Å². The molecule has 0 spiro atoms. The maximum Gasteiger partial charge on any atom is 0.248 e. The Morgan fingerprint density at radius 2 is 2.50 bits per heavy atom. The molecule has 0 aliphatic heterocycles. The van der Waals surface area contributed by atoms with Crippen molar-refractivity contribution < 1.29 is 4.43 Å². The van der Waals surface area contributed by atoms with Crippen LogP contribution in [0.2, 0.25) is 0 Å². The third-order valence-corrected chi connectivity index (χ3v) is 0.765. The van der Waals surface area contributed by atoms with E-state index in [-0.39, 0.29) is 6.10 Å². The number of terminal acetylenes is 1. The molecule has 2 heteroatoms. The van der Waals surface area contributed by atoms with Gasteiger partial charge in [0, 0.05) is 0 Å². The van der Waals surface area contributed by atoms with Gasteiger partial charge in [-0.1, -0.05) is 5.92 Å². The van der Waals surface area contributed by atoms with Gasteiger partial charge < -0.3 is 4.43 Å². The molecule has 0 N–H and O–H groups in total. The molecular weight excluding hydrogens is 92.1 g/mol. The average molecular weight is 97.2 g/mol. The van der Waals surface area contributed by atoms with Crippen LogP contribution in [0.5, 0.6) is 0 Å². The highest BCUT2D eigenvalue weighted by atomic mass is 28.2. The summed E-state index contributed by atoms with van der Waals surface area (Å²) >= 11 is 0. The Morgan fingerprint density at radius 1 is 2.00 bits per heavy atom. The van der Waals surface area contributed by atoms with Gasteiger partial charge in [-0.05, 0) is 6.92 Å². The predicted molar refractivity (Wildman–Crippen MR) is 25.1 cm³/mol. The third kappa shape index (κ3) is 2.00. The summed E-state index contributed by atoms with van der Waals surface area (Å²) in [6.45, 7) is 1.77. The molecule has 6 heavy (non-hydrogen) atoms. The van der Waals surface area contributed by atoms with Crippen molar-refractivity contribution in [3.63, 3.8) is 0 Å². The van der Waals surface area contributed by atoms with Crippen molar-refractivity contribution >= 4 is 10.5 Å². The van der Waals surface area contributed by atoms with E-state index in [1.165, 1.54) is 0 Å². The normalized spacial score (nSPS) is 12.8. The number of hydrogen-bond donors (Lipinski definition) is 0. The van der Waals surface area contributed by atoms with Crippen molar-refractivity contribution in [1.29, 1.82) is 0 Å². The smallest absolute Gasteiger partial charge is 0.248 e. The highest BCUT2D eigenvalue weighted by Crippen LogP contribution is 1.77. The lowest BCUT2D eigenvalue weighted by Crippen LogP contribution is -1.99. The van der Waals surface area contributed by atoms with Crippen LogP contribution >= 0.6 is 0 Å². The summed E-state index contributed by atoms with van der Waals surface area (Å²) in [5, 5.41) is 0. The lowest BCUT2D eigenvalue weighted by Gasteiger charge is -1.94. The van der Waals surface area contributed by atoms with Gasteiger partial charge in [0.1, 0.15) is 6.10 Å². The van der Waals surface area contributed by atoms with E-state index in [1.54, 1.807) is 6.92 Å². The molecule has 0 aromatic heterocycles. The van der Waals surface area contributed by atoms with E-state index in [2.05, 4.69) is 20.8 Å². The second-order valence-electron chi connectivity index (χ2n) is 0.927. The van der Waals surface area contributed by atoms with Crippen LogP contribution in [0.25, 0.3) is 0 Å². The molecule has 0 aromatic rings. The Bertz CT molecular complexity index is 64.4. The van der Waals surface area contributed by atoms with Gasteiger partial charge in [-0.25, -0.2) is 0 Å². The van der Waals surface area contributed by atoms with Crippen LogP contribution in [0.4, 0.5) is 0 Å². The molecule has 0 aliphatic carbocycles. The Labute approximate surface area is 41.2 Å². The molecule has 1 atom stereocenters. The predicted octanol–water partition coefficient (Wildman–Crippen LogP) is 0.108. The molecule has 0 rings (SSSR count). The van der Waals surface area contributed by atoms with Gasteiger partial charge in [0.2, 0.25) is 10.5 Å². The molecule has 1 nitrogen and oxygen atoms in total. The second kappa shape index (κ2) is 2.95. The topological polar surface area (TPSA) is 9.23 Å². The first-order valence-corrected chi connectivity index (χ1v) is 2.00. The third-order valence-electron chi connectivity index (χ3n) is 0.411. The van der Waals surface area contributed by atoms with Gasteiger partial charge in [-0.3, -0.25) is 0 Å². The Morgan fingerprint density at radius 3 is 2.50 bits per heavy atom. The summed E-state index contributed by atoms with van der Waals surface area (Å²) in [5.74, 6) is 2.34. The molecule has 0 saturated heterocycles. The minimum atomic E-state index is -0.123. The van der Waals surface area contributed by atoms with Crippen molar-refractivity contribution in [2.75, 3.05) is 0 Å². The monoisotopic (exact) mass is 97.0 g/mol. The summed E-state index contributed by atoms with van der Waals surface area (Å²) in [6.07, 6.45) is 4.75.